The molecule has 4 rings (SSSR count). The number of aryl methyl sites for hydroxylation is 2. The van der Waals surface area contributed by atoms with Gasteiger partial charge in [0.1, 0.15) is 11.5 Å². The summed E-state index contributed by atoms with van der Waals surface area (Å²) in [5, 5.41) is 2.92. The summed E-state index contributed by atoms with van der Waals surface area (Å²) < 4.78 is 0. The highest BCUT2D eigenvalue weighted by Gasteiger charge is 2.19. The molecule has 0 spiro atoms. The van der Waals surface area contributed by atoms with Gasteiger partial charge < -0.3 is 15.1 Å². The molecule has 1 N–H and O–H groups in total. The van der Waals surface area contributed by atoms with E-state index < -0.39 is 0 Å². The molecule has 0 bridgehead atoms. The Labute approximate surface area is 171 Å². The molecule has 148 valence electrons. The Kier molecular flexibility index (Phi) is 5.42. The fourth-order valence-electron chi connectivity index (χ4n) is 3.46. The Balaban J connectivity index is 1.36. The highest BCUT2D eigenvalue weighted by atomic mass is 16.1. The summed E-state index contributed by atoms with van der Waals surface area (Å²) in [5.74, 6) is 0.823. The van der Waals surface area contributed by atoms with E-state index in [1.807, 2.05) is 55.6 Å². The third-order valence-electron chi connectivity index (χ3n) is 5.36. The molecule has 1 amide bonds. The van der Waals surface area contributed by atoms with E-state index in [9.17, 15) is 4.79 Å². The Morgan fingerprint density at radius 1 is 0.897 bits per heavy atom. The molecule has 3 aromatic rings. The maximum absolute atomic E-state index is 12.5. The molecule has 6 nitrogen and oxygen atoms in total. The van der Waals surface area contributed by atoms with Gasteiger partial charge in [0.15, 0.2) is 0 Å². The largest absolute Gasteiger partial charge is 0.367 e. The standard InChI is InChI=1S/C23H25N5O/c1-17-6-7-19(15-18(17)2)26-23(29)21-9-8-20(16-25-21)27-11-13-28(14-12-27)22-5-3-4-10-24-22/h3-10,15-16H,11-14H2,1-2H3,(H,26,29). The Bertz CT molecular complexity index is 980. The van der Waals surface area contributed by atoms with Gasteiger partial charge in [-0.25, -0.2) is 9.97 Å². The van der Waals surface area contributed by atoms with Crippen LogP contribution in [0.4, 0.5) is 17.2 Å². The average Bonchev–Trinajstić information content (AvgIpc) is 2.77. The number of nitrogens with one attached hydrogen (secondary N) is 1. The highest BCUT2D eigenvalue weighted by molar-refractivity contribution is 6.03. The summed E-state index contributed by atoms with van der Waals surface area (Å²) in [6, 6.07) is 15.6. The van der Waals surface area contributed by atoms with Crippen LogP contribution in [-0.2, 0) is 0 Å². The van der Waals surface area contributed by atoms with E-state index in [-0.39, 0.29) is 5.91 Å². The van der Waals surface area contributed by atoms with E-state index in [0.717, 1.165) is 48.9 Å². The predicted molar refractivity (Wildman–Crippen MR) is 117 cm³/mol. The average molecular weight is 387 g/mol. The molecule has 1 aliphatic heterocycles. The zero-order valence-electron chi connectivity index (χ0n) is 16.8. The summed E-state index contributed by atoms with van der Waals surface area (Å²) in [6.45, 7) is 7.69. The molecule has 2 aromatic heterocycles. The highest BCUT2D eigenvalue weighted by Crippen LogP contribution is 2.19. The van der Waals surface area contributed by atoms with E-state index in [4.69, 9.17) is 0 Å². The number of aromatic nitrogens is 2. The van der Waals surface area contributed by atoms with Gasteiger partial charge in [-0.15, -0.1) is 0 Å². The summed E-state index contributed by atoms with van der Waals surface area (Å²) >= 11 is 0. The molecule has 3 heterocycles. The smallest absolute Gasteiger partial charge is 0.274 e. The van der Waals surface area contributed by atoms with Crippen LogP contribution in [0.3, 0.4) is 0 Å². The van der Waals surface area contributed by atoms with Crippen LogP contribution in [0.2, 0.25) is 0 Å². The lowest BCUT2D eigenvalue weighted by Crippen LogP contribution is -2.46. The number of hydrogen-bond acceptors (Lipinski definition) is 5. The summed E-state index contributed by atoms with van der Waals surface area (Å²) in [6.07, 6.45) is 3.61. The van der Waals surface area contributed by atoms with Crippen molar-refractivity contribution in [2.24, 2.45) is 0 Å². The lowest BCUT2D eigenvalue weighted by molar-refractivity contribution is 0.102. The maximum Gasteiger partial charge on any atom is 0.274 e. The number of nitrogens with zero attached hydrogens (tertiary/aromatic N) is 4. The first-order chi connectivity index (χ1) is 14.1. The van der Waals surface area contributed by atoms with E-state index in [1.165, 1.54) is 5.56 Å². The molecule has 1 saturated heterocycles. The van der Waals surface area contributed by atoms with Crippen molar-refractivity contribution in [1.29, 1.82) is 0 Å². The van der Waals surface area contributed by atoms with Crippen LogP contribution in [0.25, 0.3) is 0 Å². The van der Waals surface area contributed by atoms with Gasteiger partial charge >= 0.3 is 0 Å². The molecule has 0 unspecified atom stereocenters. The van der Waals surface area contributed by atoms with Crippen molar-refractivity contribution in [2.75, 3.05) is 41.3 Å². The molecular weight excluding hydrogens is 362 g/mol. The maximum atomic E-state index is 12.5. The van der Waals surface area contributed by atoms with Crippen LogP contribution >= 0.6 is 0 Å². The quantitative estimate of drug-likeness (QED) is 0.740. The summed E-state index contributed by atoms with van der Waals surface area (Å²) in [5.41, 5.74) is 4.59. The summed E-state index contributed by atoms with van der Waals surface area (Å²) in [7, 11) is 0. The van der Waals surface area contributed by atoms with E-state index in [2.05, 4.69) is 32.0 Å². The van der Waals surface area contributed by atoms with E-state index >= 15 is 0 Å². The lowest BCUT2D eigenvalue weighted by Gasteiger charge is -2.36. The van der Waals surface area contributed by atoms with Crippen LogP contribution in [-0.4, -0.2) is 42.1 Å². The molecule has 29 heavy (non-hydrogen) atoms. The number of benzene rings is 1. The van der Waals surface area contributed by atoms with Crippen LogP contribution in [0, 0.1) is 13.8 Å². The van der Waals surface area contributed by atoms with Gasteiger partial charge in [0.25, 0.3) is 5.91 Å². The van der Waals surface area contributed by atoms with Crippen LogP contribution in [0.15, 0.2) is 60.9 Å². The van der Waals surface area contributed by atoms with Gasteiger partial charge in [-0.1, -0.05) is 12.1 Å². The lowest BCUT2D eigenvalue weighted by atomic mass is 10.1. The third-order valence-corrected chi connectivity index (χ3v) is 5.36. The number of piperazine rings is 1. The SMILES string of the molecule is Cc1ccc(NC(=O)c2ccc(N3CCN(c4ccccn4)CC3)cn2)cc1C. The topological polar surface area (TPSA) is 61.4 Å². The Hall–Kier alpha value is -3.41. The number of anilines is 3. The van der Waals surface area contributed by atoms with Crippen molar-refractivity contribution in [2.45, 2.75) is 13.8 Å². The van der Waals surface area contributed by atoms with Gasteiger partial charge in [-0.2, -0.15) is 0 Å². The monoisotopic (exact) mass is 387 g/mol. The minimum absolute atomic E-state index is 0.195. The van der Waals surface area contributed by atoms with Gasteiger partial charge in [0.05, 0.1) is 11.9 Å². The first kappa shape index (κ1) is 18.9. The van der Waals surface area contributed by atoms with Crippen molar-refractivity contribution in [1.82, 2.24) is 9.97 Å². The number of carbonyl (C=O) groups is 1. The second kappa shape index (κ2) is 8.31. The predicted octanol–water partition coefficient (Wildman–Crippen LogP) is 3.67. The zero-order chi connectivity index (χ0) is 20.2. The Morgan fingerprint density at radius 3 is 2.34 bits per heavy atom. The second-order valence-corrected chi connectivity index (χ2v) is 7.32. The third kappa shape index (κ3) is 4.37. The summed E-state index contributed by atoms with van der Waals surface area (Å²) in [4.78, 5) is 25.9. The van der Waals surface area contributed by atoms with Crippen LogP contribution in [0.5, 0.6) is 0 Å². The molecule has 1 aromatic carbocycles. The molecule has 0 saturated carbocycles. The molecule has 0 radical (unpaired) electrons. The van der Waals surface area contributed by atoms with Gasteiger partial charge in [0, 0.05) is 38.1 Å². The first-order valence-electron chi connectivity index (χ1n) is 9.86. The molecule has 0 atom stereocenters. The van der Waals surface area contributed by atoms with E-state index in [1.54, 1.807) is 12.3 Å². The fraction of sp³-hybridized carbons (Fsp3) is 0.261. The van der Waals surface area contributed by atoms with Crippen molar-refractivity contribution in [3.63, 3.8) is 0 Å². The van der Waals surface area contributed by atoms with Gasteiger partial charge in [-0.3, -0.25) is 4.79 Å². The first-order valence-corrected chi connectivity index (χ1v) is 9.86. The van der Waals surface area contributed by atoms with E-state index in [0.29, 0.717) is 5.69 Å². The minimum Gasteiger partial charge on any atom is -0.367 e. The number of pyridine rings is 2. The molecule has 6 heteroatoms. The van der Waals surface area contributed by atoms with Gasteiger partial charge in [-0.05, 0) is 61.4 Å². The number of rotatable bonds is 4. The van der Waals surface area contributed by atoms with Gasteiger partial charge in [0.2, 0.25) is 0 Å². The van der Waals surface area contributed by atoms with Crippen LogP contribution in [0.1, 0.15) is 21.6 Å². The van der Waals surface area contributed by atoms with Crippen LogP contribution < -0.4 is 15.1 Å². The minimum atomic E-state index is -0.195. The molecule has 1 fully saturated rings. The fourth-order valence-corrected chi connectivity index (χ4v) is 3.46. The van der Waals surface area contributed by atoms with Crippen molar-refractivity contribution < 1.29 is 4.79 Å². The molecule has 1 aliphatic rings. The van der Waals surface area contributed by atoms with Crippen molar-refractivity contribution in [3.05, 3.63) is 77.7 Å². The molecular formula is C23H25N5O. The van der Waals surface area contributed by atoms with Crippen molar-refractivity contribution in [3.8, 4) is 0 Å². The number of carbonyl (C=O) groups excluding carboxylic acids is 1. The normalized spacial score (nSPS) is 14.0. The number of hydrogen-bond donors (Lipinski definition) is 1. The zero-order valence-corrected chi connectivity index (χ0v) is 16.8. The Morgan fingerprint density at radius 2 is 1.69 bits per heavy atom. The number of amides is 1. The second-order valence-electron chi connectivity index (χ2n) is 7.32. The van der Waals surface area contributed by atoms with Crippen molar-refractivity contribution >= 4 is 23.1 Å². The molecule has 0 aliphatic carbocycles.